The molecule has 2 heterocycles. The van der Waals surface area contributed by atoms with Gasteiger partial charge in [0.15, 0.2) is 0 Å². The average molecular weight is 385 g/mol. The van der Waals surface area contributed by atoms with Crippen molar-refractivity contribution in [1.29, 1.82) is 0 Å². The monoisotopic (exact) mass is 384 g/mol. The summed E-state index contributed by atoms with van der Waals surface area (Å²) >= 11 is 0. The molecule has 0 aliphatic carbocycles. The number of aromatic nitrogens is 2. The van der Waals surface area contributed by atoms with E-state index in [2.05, 4.69) is 27.7 Å². The molecule has 0 N–H and O–H groups in total. The maximum Gasteiger partial charge on any atom is 0.213 e. The number of anilines is 1. The maximum absolute atomic E-state index is 12.1. The largest absolute Gasteiger partial charge is 0.340 e. The van der Waals surface area contributed by atoms with Crippen LogP contribution in [0, 0.1) is 0 Å². The molecule has 0 radical (unpaired) electrons. The predicted molar refractivity (Wildman–Crippen MR) is 109 cm³/mol. The molecule has 0 spiro atoms. The van der Waals surface area contributed by atoms with E-state index in [1.165, 1.54) is 5.56 Å². The lowest BCUT2D eigenvalue weighted by atomic mass is 10.2. The number of fused-ring (bicyclic) bond motifs is 1. The minimum atomic E-state index is -3.13. The molecule has 142 valence electrons. The van der Waals surface area contributed by atoms with E-state index in [1.54, 1.807) is 11.2 Å². The predicted octanol–water partition coefficient (Wildman–Crippen LogP) is 2.56. The van der Waals surface area contributed by atoms with Gasteiger partial charge in [0.25, 0.3) is 0 Å². The van der Waals surface area contributed by atoms with Crippen molar-refractivity contribution in [3.8, 4) is 0 Å². The lowest BCUT2D eigenvalue weighted by Gasteiger charge is -2.34. The molecule has 4 rings (SSSR count). The van der Waals surface area contributed by atoms with Crippen LogP contribution in [0.25, 0.3) is 11.0 Å². The summed E-state index contributed by atoms with van der Waals surface area (Å²) in [7, 11) is -3.13. The molecule has 3 aromatic rings. The van der Waals surface area contributed by atoms with Gasteiger partial charge in [-0.2, -0.15) is 4.31 Å². The standard InChI is InChI=1S/C20H24N4O2S/c1-2-27(25,26)23-14-12-22(13-15-23)20-21-18-10-6-7-11-19(18)24(20)16-17-8-4-3-5-9-17/h3-11H,2,12-16H2,1H3. The molecule has 1 aromatic heterocycles. The molecule has 0 saturated carbocycles. The highest BCUT2D eigenvalue weighted by Crippen LogP contribution is 2.25. The molecule has 6 nitrogen and oxygen atoms in total. The first-order valence-electron chi connectivity index (χ1n) is 9.30. The zero-order valence-electron chi connectivity index (χ0n) is 15.5. The average Bonchev–Trinajstić information content (AvgIpc) is 3.07. The highest BCUT2D eigenvalue weighted by atomic mass is 32.2. The van der Waals surface area contributed by atoms with Gasteiger partial charge in [-0.3, -0.25) is 0 Å². The van der Waals surface area contributed by atoms with E-state index in [1.807, 2.05) is 36.4 Å². The van der Waals surface area contributed by atoms with Gasteiger partial charge in [-0.1, -0.05) is 42.5 Å². The number of hydrogen-bond donors (Lipinski definition) is 0. The Bertz CT molecular complexity index is 1020. The summed E-state index contributed by atoms with van der Waals surface area (Å²) in [5.41, 5.74) is 3.28. The molecule has 1 saturated heterocycles. The first-order valence-corrected chi connectivity index (χ1v) is 10.9. The SMILES string of the molecule is CCS(=O)(=O)N1CCN(c2nc3ccccc3n2Cc2ccccc2)CC1. The molecule has 0 amide bonds. The maximum atomic E-state index is 12.1. The fraction of sp³-hybridized carbons (Fsp3) is 0.350. The molecule has 1 fully saturated rings. The summed E-state index contributed by atoms with van der Waals surface area (Å²) in [5.74, 6) is 1.06. The third-order valence-electron chi connectivity index (χ3n) is 5.10. The molecule has 0 atom stereocenters. The van der Waals surface area contributed by atoms with Gasteiger partial charge >= 0.3 is 0 Å². The van der Waals surface area contributed by atoms with E-state index in [-0.39, 0.29) is 5.75 Å². The van der Waals surface area contributed by atoms with Gasteiger partial charge in [0.1, 0.15) is 0 Å². The first kappa shape index (κ1) is 18.0. The fourth-order valence-corrected chi connectivity index (χ4v) is 4.66. The second kappa shape index (κ2) is 7.32. The van der Waals surface area contributed by atoms with Crippen LogP contribution in [0.1, 0.15) is 12.5 Å². The van der Waals surface area contributed by atoms with Crippen LogP contribution in [-0.4, -0.2) is 54.2 Å². The van der Waals surface area contributed by atoms with E-state index in [0.29, 0.717) is 26.2 Å². The number of imidazole rings is 1. The van der Waals surface area contributed by atoms with E-state index in [0.717, 1.165) is 23.5 Å². The number of piperazine rings is 1. The Labute approximate surface area is 160 Å². The van der Waals surface area contributed by atoms with Crippen molar-refractivity contribution < 1.29 is 8.42 Å². The lowest BCUT2D eigenvalue weighted by Crippen LogP contribution is -2.49. The van der Waals surface area contributed by atoms with Gasteiger partial charge in [-0.25, -0.2) is 13.4 Å². The minimum absolute atomic E-state index is 0.152. The van der Waals surface area contributed by atoms with Crippen LogP contribution in [0.2, 0.25) is 0 Å². The zero-order valence-corrected chi connectivity index (χ0v) is 16.3. The highest BCUT2D eigenvalue weighted by Gasteiger charge is 2.27. The van der Waals surface area contributed by atoms with Crippen LogP contribution in [0.15, 0.2) is 54.6 Å². The normalized spacial score (nSPS) is 16.1. The molecule has 7 heteroatoms. The quantitative estimate of drug-likeness (QED) is 0.678. The number of rotatable bonds is 5. The van der Waals surface area contributed by atoms with E-state index in [4.69, 9.17) is 4.98 Å². The third-order valence-corrected chi connectivity index (χ3v) is 6.98. The summed E-state index contributed by atoms with van der Waals surface area (Å²) in [5, 5.41) is 0. The van der Waals surface area contributed by atoms with Crippen LogP contribution < -0.4 is 4.90 Å². The Balaban J connectivity index is 1.65. The van der Waals surface area contributed by atoms with Crippen molar-refractivity contribution in [2.24, 2.45) is 0 Å². The van der Waals surface area contributed by atoms with Crippen LogP contribution in [0.5, 0.6) is 0 Å². The Morgan fingerprint density at radius 2 is 1.59 bits per heavy atom. The van der Waals surface area contributed by atoms with Crippen LogP contribution in [0.3, 0.4) is 0 Å². The van der Waals surface area contributed by atoms with E-state index >= 15 is 0 Å². The van der Waals surface area contributed by atoms with Crippen molar-refractivity contribution in [3.63, 3.8) is 0 Å². The van der Waals surface area contributed by atoms with Crippen molar-refractivity contribution in [3.05, 3.63) is 60.2 Å². The van der Waals surface area contributed by atoms with Crippen LogP contribution in [0.4, 0.5) is 5.95 Å². The molecule has 1 aliphatic rings. The molecule has 0 bridgehead atoms. The number of sulfonamides is 1. The van der Waals surface area contributed by atoms with Gasteiger partial charge in [0.2, 0.25) is 16.0 Å². The van der Waals surface area contributed by atoms with Crippen LogP contribution in [-0.2, 0) is 16.6 Å². The number of para-hydroxylation sites is 2. The fourth-order valence-electron chi connectivity index (χ4n) is 3.57. The number of benzene rings is 2. The van der Waals surface area contributed by atoms with E-state index < -0.39 is 10.0 Å². The van der Waals surface area contributed by atoms with Gasteiger partial charge < -0.3 is 9.47 Å². The smallest absolute Gasteiger partial charge is 0.213 e. The van der Waals surface area contributed by atoms with Crippen molar-refractivity contribution in [2.75, 3.05) is 36.8 Å². The van der Waals surface area contributed by atoms with Crippen molar-refractivity contribution in [2.45, 2.75) is 13.5 Å². The summed E-state index contributed by atoms with van der Waals surface area (Å²) in [6, 6.07) is 18.5. The van der Waals surface area contributed by atoms with Crippen molar-refractivity contribution in [1.82, 2.24) is 13.9 Å². The van der Waals surface area contributed by atoms with Gasteiger partial charge in [-0.15, -0.1) is 0 Å². The van der Waals surface area contributed by atoms with Gasteiger partial charge in [-0.05, 0) is 24.6 Å². The molecule has 1 aliphatic heterocycles. The molecule has 2 aromatic carbocycles. The Morgan fingerprint density at radius 3 is 2.30 bits per heavy atom. The van der Waals surface area contributed by atoms with Gasteiger partial charge in [0, 0.05) is 26.2 Å². The lowest BCUT2D eigenvalue weighted by molar-refractivity contribution is 0.382. The summed E-state index contributed by atoms with van der Waals surface area (Å²) < 4.78 is 28.1. The van der Waals surface area contributed by atoms with Crippen molar-refractivity contribution >= 4 is 27.0 Å². The van der Waals surface area contributed by atoms with Gasteiger partial charge in [0.05, 0.1) is 23.3 Å². The molecule has 0 unspecified atom stereocenters. The summed E-state index contributed by atoms with van der Waals surface area (Å²) in [6.07, 6.45) is 0. The van der Waals surface area contributed by atoms with Crippen LogP contribution >= 0.6 is 0 Å². The summed E-state index contributed by atoms with van der Waals surface area (Å²) in [6.45, 7) is 4.75. The second-order valence-electron chi connectivity index (χ2n) is 6.76. The third kappa shape index (κ3) is 3.57. The number of nitrogens with zero attached hydrogens (tertiary/aromatic N) is 4. The molecule has 27 heavy (non-hydrogen) atoms. The first-order chi connectivity index (χ1) is 13.1. The summed E-state index contributed by atoms with van der Waals surface area (Å²) in [4.78, 5) is 7.06. The zero-order chi connectivity index (χ0) is 18.9. The Kier molecular flexibility index (Phi) is 4.88. The minimum Gasteiger partial charge on any atom is -0.340 e. The molecular formula is C20H24N4O2S. The topological polar surface area (TPSA) is 58.4 Å². The highest BCUT2D eigenvalue weighted by molar-refractivity contribution is 7.89. The Hall–Kier alpha value is -2.38. The second-order valence-corrected chi connectivity index (χ2v) is 9.02. The Morgan fingerprint density at radius 1 is 0.926 bits per heavy atom. The molecular weight excluding hydrogens is 360 g/mol. The van der Waals surface area contributed by atoms with E-state index in [9.17, 15) is 8.42 Å². The number of hydrogen-bond acceptors (Lipinski definition) is 4.